The molecule has 1 aromatic heterocycles. The Bertz CT molecular complexity index is 475. The molecule has 6 nitrogen and oxygen atoms in total. The van der Waals surface area contributed by atoms with Crippen molar-refractivity contribution in [1.82, 2.24) is 20.4 Å². The summed E-state index contributed by atoms with van der Waals surface area (Å²) < 4.78 is 5.09. The molecule has 0 aliphatic carbocycles. The van der Waals surface area contributed by atoms with Gasteiger partial charge in [0.05, 0.1) is 6.04 Å². The van der Waals surface area contributed by atoms with Crippen LogP contribution < -0.4 is 5.32 Å². The van der Waals surface area contributed by atoms with Crippen LogP contribution in [0.4, 0.5) is 4.79 Å². The van der Waals surface area contributed by atoms with Crippen LogP contribution in [0.1, 0.15) is 44.9 Å². The van der Waals surface area contributed by atoms with Gasteiger partial charge >= 0.3 is 6.03 Å². The molecule has 0 bridgehead atoms. The van der Waals surface area contributed by atoms with Crippen molar-refractivity contribution in [3.05, 3.63) is 11.7 Å². The number of hydrogen-bond acceptors (Lipinski definition) is 5. The number of urea groups is 1. The van der Waals surface area contributed by atoms with Gasteiger partial charge in [0.2, 0.25) is 5.89 Å². The molecule has 1 N–H and O–H groups in total. The highest BCUT2D eigenvalue weighted by Crippen LogP contribution is 2.29. The van der Waals surface area contributed by atoms with Crippen LogP contribution in [-0.4, -0.2) is 44.7 Å². The summed E-state index contributed by atoms with van der Waals surface area (Å²) in [5.41, 5.74) is 0. The highest BCUT2D eigenvalue weighted by molar-refractivity contribution is 8.00. The molecule has 1 fully saturated rings. The molecule has 0 unspecified atom stereocenters. The Kier molecular flexibility index (Phi) is 4.57. The van der Waals surface area contributed by atoms with Gasteiger partial charge in [-0.05, 0) is 20.3 Å². The summed E-state index contributed by atoms with van der Waals surface area (Å²) in [7, 11) is 0. The lowest BCUT2D eigenvalue weighted by molar-refractivity contribution is 0.189. The van der Waals surface area contributed by atoms with E-state index >= 15 is 0 Å². The van der Waals surface area contributed by atoms with Gasteiger partial charge in [0.15, 0.2) is 5.82 Å². The molecule has 1 aliphatic rings. The summed E-state index contributed by atoms with van der Waals surface area (Å²) >= 11 is 1.90. The lowest BCUT2D eigenvalue weighted by atomic mass is 10.2. The lowest BCUT2D eigenvalue weighted by Gasteiger charge is -2.37. The van der Waals surface area contributed by atoms with Gasteiger partial charge in [-0.1, -0.05) is 12.1 Å². The van der Waals surface area contributed by atoms with Crippen molar-refractivity contribution in [2.24, 2.45) is 0 Å². The van der Waals surface area contributed by atoms with E-state index in [0.717, 1.165) is 25.3 Å². The second kappa shape index (κ2) is 6.03. The maximum atomic E-state index is 12.4. The van der Waals surface area contributed by atoms with Crippen molar-refractivity contribution >= 4 is 17.8 Å². The van der Waals surface area contributed by atoms with E-state index in [1.807, 2.05) is 23.6 Å². The first-order valence-electron chi connectivity index (χ1n) is 6.91. The Morgan fingerprint density at radius 2 is 2.35 bits per heavy atom. The maximum Gasteiger partial charge on any atom is 0.318 e. The summed E-state index contributed by atoms with van der Waals surface area (Å²) in [6, 6.07) is -0.245. The number of hydrogen-bond donors (Lipinski definition) is 1. The van der Waals surface area contributed by atoms with Gasteiger partial charge in [0, 0.05) is 30.5 Å². The Balaban J connectivity index is 1.99. The largest absolute Gasteiger partial charge is 0.340 e. The monoisotopic (exact) mass is 298 g/mol. The molecule has 2 heterocycles. The van der Waals surface area contributed by atoms with Gasteiger partial charge in [-0.2, -0.15) is 16.7 Å². The van der Waals surface area contributed by atoms with E-state index in [4.69, 9.17) is 4.52 Å². The van der Waals surface area contributed by atoms with E-state index in [9.17, 15) is 4.79 Å². The van der Waals surface area contributed by atoms with E-state index in [-0.39, 0.29) is 16.8 Å². The van der Waals surface area contributed by atoms with E-state index in [1.165, 1.54) is 0 Å². The minimum atomic E-state index is -0.197. The SMILES string of the molecule is CC[C@@H](NC(=O)N1CCSC(C)(C)C1)c1noc(C)n1. The van der Waals surface area contributed by atoms with Crippen LogP contribution in [0.3, 0.4) is 0 Å². The molecule has 2 amide bonds. The van der Waals surface area contributed by atoms with Gasteiger partial charge in [-0.25, -0.2) is 4.79 Å². The van der Waals surface area contributed by atoms with Crippen LogP contribution in [0, 0.1) is 6.92 Å². The predicted octanol–water partition coefficient (Wildman–Crippen LogP) is 2.37. The molecule has 0 radical (unpaired) electrons. The number of carbonyl (C=O) groups excluding carboxylic acids is 1. The topological polar surface area (TPSA) is 71.3 Å². The predicted molar refractivity (Wildman–Crippen MR) is 78.7 cm³/mol. The van der Waals surface area contributed by atoms with Gasteiger partial charge in [0.1, 0.15) is 0 Å². The zero-order chi connectivity index (χ0) is 14.8. The molecule has 20 heavy (non-hydrogen) atoms. The van der Waals surface area contributed by atoms with E-state index < -0.39 is 0 Å². The molecular formula is C13H22N4O2S. The number of thioether (sulfide) groups is 1. The van der Waals surface area contributed by atoms with Crippen LogP contribution in [0.25, 0.3) is 0 Å². The molecule has 0 aromatic carbocycles. The van der Waals surface area contributed by atoms with Crippen LogP contribution in [-0.2, 0) is 0 Å². The summed E-state index contributed by atoms with van der Waals surface area (Å²) in [4.78, 5) is 18.4. The maximum absolute atomic E-state index is 12.4. The van der Waals surface area contributed by atoms with Gasteiger partial charge in [-0.3, -0.25) is 0 Å². The van der Waals surface area contributed by atoms with Gasteiger partial charge in [0.25, 0.3) is 0 Å². The quantitative estimate of drug-likeness (QED) is 0.927. The highest BCUT2D eigenvalue weighted by Gasteiger charge is 2.31. The Labute approximate surface area is 123 Å². The van der Waals surface area contributed by atoms with Crippen LogP contribution in [0.2, 0.25) is 0 Å². The smallest absolute Gasteiger partial charge is 0.318 e. The van der Waals surface area contributed by atoms with Crippen LogP contribution in [0.5, 0.6) is 0 Å². The molecule has 1 saturated heterocycles. The van der Waals surface area contributed by atoms with E-state index in [1.54, 1.807) is 6.92 Å². The molecule has 0 spiro atoms. The summed E-state index contributed by atoms with van der Waals surface area (Å²) in [6.45, 7) is 9.60. The summed E-state index contributed by atoms with van der Waals surface area (Å²) in [6.07, 6.45) is 0.733. The van der Waals surface area contributed by atoms with Crippen molar-refractivity contribution in [3.63, 3.8) is 0 Å². The van der Waals surface area contributed by atoms with Crippen LogP contribution >= 0.6 is 11.8 Å². The Hall–Kier alpha value is -1.24. The summed E-state index contributed by atoms with van der Waals surface area (Å²) in [5, 5.41) is 6.89. The number of rotatable bonds is 3. The third-order valence-electron chi connectivity index (χ3n) is 3.27. The van der Waals surface area contributed by atoms with Crippen molar-refractivity contribution in [1.29, 1.82) is 0 Å². The second-order valence-corrected chi connectivity index (χ2v) is 7.41. The van der Waals surface area contributed by atoms with Crippen molar-refractivity contribution in [2.45, 2.75) is 44.9 Å². The average Bonchev–Trinajstić information content (AvgIpc) is 2.81. The number of amides is 2. The minimum Gasteiger partial charge on any atom is -0.340 e. The Morgan fingerprint density at radius 3 is 2.90 bits per heavy atom. The normalized spacial score (nSPS) is 19.7. The van der Waals surface area contributed by atoms with Crippen LogP contribution in [0.15, 0.2) is 4.52 Å². The molecule has 1 aliphatic heterocycles. The van der Waals surface area contributed by atoms with Crippen molar-refractivity contribution < 1.29 is 9.32 Å². The molecule has 0 saturated carbocycles. The zero-order valence-electron chi connectivity index (χ0n) is 12.5. The molecule has 1 aromatic rings. The molecule has 2 rings (SSSR count). The first-order chi connectivity index (χ1) is 9.41. The number of carbonyl (C=O) groups is 1. The summed E-state index contributed by atoms with van der Waals surface area (Å²) in [5.74, 6) is 2.03. The first kappa shape index (κ1) is 15.2. The van der Waals surface area contributed by atoms with E-state index in [0.29, 0.717) is 11.7 Å². The standard InChI is InChI=1S/C13H22N4O2S/c1-5-10(11-14-9(2)19-16-11)15-12(18)17-6-7-20-13(3,4)8-17/h10H,5-8H2,1-4H3,(H,15,18)/t10-/m1/s1. The third-order valence-corrected chi connectivity index (χ3v) is 4.57. The molecular weight excluding hydrogens is 276 g/mol. The third kappa shape index (κ3) is 3.65. The number of nitrogens with one attached hydrogen (secondary N) is 1. The lowest BCUT2D eigenvalue weighted by Crippen LogP contribution is -2.50. The zero-order valence-corrected chi connectivity index (χ0v) is 13.3. The fraction of sp³-hybridized carbons (Fsp3) is 0.769. The second-order valence-electron chi connectivity index (χ2n) is 5.61. The highest BCUT2D eigenvalue weighted by atomic mass is 32.2. The minimum absolute atomic E-state index is 0.0484. The fourth-order valence-corrected chi connectivity index (χ4v) is 3.35. The Morgan fingerprint density at radius 1 is 1.60 bits per heavy atom. The number of nitrogens with zero attached hydrogens (tertiary/aromatic N) is 3. The van der Waals surface area contributed by atoms with Gasteiger partial charge in [-0.15, -0.1) is 0 Å². The molecule has 112 valence electrons. The van der Waals surface area contributed by atoms with Crippen molar-refractivity contribution in [2.75, 3.05) is 18.8 Å². The molecule has 1 atom stereocenters. The average molecular weight is 298 g/mol. The van der Waals surface area contributed by atoms with E-state index in [2.05, 4.69) is 29.3 Å². The van der Waals surface area contributed by atoms with Crippen molar-refractivity contribution in [3.8, 4) is 0 Å². The number of aromatic nitrogens is 2. The fourth-order valence-electron chi connectivity index (χ4n) is 2.24. The van der Waals surface area contributed by atoms with Gasteiger partial charge < -0.3 is 14.7 Å². The first-order valence-corrected chi connectivity index (χ1v) is 7.89. The molecule has 7 heteroatoms. The number of aryl methyl sites for hydroxylation is 1.